The highest BCUT2D eigenvalue weighted by Gasteiger charge is 2.21. The van der Waals surface area contributed by atoms with Crippen molar-refractivity contribution in [3.8, 4) is 0 Å². The van der Waals surface area contributed by atoms with Gasteiger partial charge in [0.05, 0.1) is 19.2 Å². The van der Waals surface area contributed by atoms with Crippen LogP contribution in [-0.4, -0.2) is 51.2 Å². The van der Waals surface area contributed by atoms with Crippen molar-refractivity contribution in [2.45, 2.75) is 25.8 Å². The number of amides is 2. The number of hydrogen-bond acceptors (Lipinski definition) is 4. The summed E-state index contributed by atoms with van der Waals surface area (Å²) in [5.41, 5.74) is 0. The number of methoxy groups -OCH3 is 1. The lowest BCUT2D eigenvalue weighted by Gasteiger charge is -2.13. The van der Waals surface area contributed by atoms with E-state index in [1.807, 2.05) is 0 Å². The first-order valence-corrected chi connectivity index (χ1v) is 6.40. The SMILES string of the molecule is COCCNC(=O)C(C)NCC(=O)NCC1CC1. The number of ether oxygens (including phenoxy) is 1. The van der Waals surface area contributed by atoms with Crippen molar-refractivity contribution in [2.75, 3.05) is 33.4 Å². The van der Waals surface area contributed by atoms with Crippen molar-refractivity contribution in [3.05, 3.63) is 0 Å². The number of rotatable bonds is 9. The van der Waals surface area contributed by atoms with Gasteiger partial charge in [0.15, 0.2) is 0 Å². The molecule has 6 heteroatoms. The van der Waals surface area contributed by atoms with E-state index >= 15 is 0 Å². The fourth-order valence-electron chi connectivity index (χ4n) is 1.41. The van der Waals surface area contributed by atoms with Crippen LogP contribution < -0.4 is 16.0 Å². The van der Waals surface area contributed by atoms with Crippen LogP contribution in [0.5, 0.6) is 0 Å². The summed E-state index contributed by atoms with van der Waals surface area (Å²) in [7, 11) is 1.58. The van der Waals surface area contributed by atoms with Crippen molar-refractivity contribution in [1.29, 1.82) is 0 Å². The molecule has 1 aliphatic carbocycles. The van der Waals surface area contributed by atoms with Gasteiger partial charge in [0.2, 0.25) is 11.8 Å². The van der Waals surface area contributed by atoms with Crippen LogP contribution in [0, 0.1) is 5.92 Å². The summed E-state index contributed by atoms with van der Waals surface area (Å²) in [5, 5.41) is 8.44. The second-order valence-corrected chi connectivity index (χ2v) is 4.63. The van der Waals surface area contributed by atoms with E-state index in [4.69, 9.17) is 4.74 Å². The molecular weight excluding hydrogens is 234 g/mol. The summed E-state index contributed by atoms with van der Waals surface area (Å²) in [6.45, 7) is 3.63. The molecule has 1 unspecified atom stereocenters. The van der Waals surface area contributed by atoms with E-state index in [9.17, 15) is 9.59 Å². The third kappa shape index (κ3) is 6.56. The lowest BCUT2D eigenvalue weighted by molar-refractivity contribution is -0.123. The van der Waals surface area contributed by atoms with Crippen LogP contribution in [0.25, 0.3) is 0 Å². The van der Waals surface area contributed by atoms with Crippen LogP contribution in [0.3, 0.4) is 0 Å². The van der Waals surface area contributed by atoms with Crippen LogP contribution >= 0.6 is 0 Å². The third-order valence-corrected chi connectivity index (χ3v) is 2.85. The second-order valence-electron chi connectivity index (χ2n) is 4.63. The Kier molecular flexibility index (Phi) is 6.67. The Morgan fingerprint density at radius 1 is 1.33 bits per heavy atom. The Morgan fingerprint density at radius 3 is 2.67 bits per heavy atom. The number of carbonyl (C=O) groups is 2. The molecule has 0 aromatic carbocycles. The minimum atomic E-state index is -0.381. The zero-order valence-corrected chi connectivity index (χ0v) is 11.1. The predicted octanol–water partition coefficient (Wildman–Crippen LogP) is -0.747. The molecule has 0 saturated heterocycles. The van der Waals surface area contributed by atoms with Gasteiger partial charge in [-0.05, 0) is 25.7 Å². The Bertz CT molecular complexity index is 280. The van der Waals surface area contributed by atoms with E-state index in [2.05, 4.69) is 16.0 Å². The van der Waals surface area contributed by atoms with Crippen molar-refractivity contribution >= 4 is 11.8 Å². The zero-order valence-electron chi connectivity index (χ0n) is 11.1. The van der Waals surface area contributed by atoms with Crippen molar-refractivity contribution in [2.24, 2.45) is 5.92 Å². The normalized spacial score (nSPS) is 16.1. The van der Waals surface area contributed by atoms with Gasteiger partial charge in [-0.2, -0.15) is 0 Å². The topological polar surface area (TPSA) is 79.5 Å². The van der Waals surface area contributed by atoms with Gasteiger partial charge in [-0.15, -0.1) is 0 Å². The number of carbonyl (C=O) groups excluding carboxylic acids is 2. The Balaban J connectivity index is 2.04. The number of nitrogens with one attached hydrogen (secondary N) is 3. The molecular formula is C12H23N3O3. The largest absolute Gasteiger partial charge is 0.383 e. The summed E-state index contributed by atoms with van der Waals surface area (Å²) in [4.78, 5) is 23.0. The van der Waals surface area contributed by atoms with E-state index in [0.29, 0.717) is 19.1 Å². The van der Waals surface area contributed by atoms with Gasteiger partial charge in [-0.25, -0.2) is 0 Å². The van der Waals surface area contributed by atoms with Crippen LogP contribution in [0.4, 0.5) is 0 Å². The summed E-state index contributed by atoms with van der Waals surface area (Å²) < 4.78 is 4.83. The standard InChI is InChI=1S/C12H23N3O3/c1-9(12(17)13-5-6-18-2)14-8-11(16)15-7-10-3-4-10/h9-10,14H,3-8H2,1-2H3,(H,13,17)(H,15,16). The fourth-order valence-corrected chi connectivity index (χ4v) is 1.41. The summed E-state index contributed by atoms with van der Waals surface area (Å²) >= 11 is 0. The van der Waals surface area contributed by atoms with E-state index in [1.165, 1.54) is 12.8 Å². The monoisotopic (exact) mass is 257 g/mol. The van der Waals surface area contributed by atoms with Gasteiger partial charge in [0, 0.05) is 20.2 Å². The molecule has 0 spiro atoms. The Hall–Kier alpha value is -1.14. The van der Waals surface area contributed by atoms with Gasteiger partial charge in [-0.1, -0.05) is 0 Å². The maximum absolute atomic E-state index is 11.5. The summed E-state index contributed by atoms with van der Waals surface area (Å²) in [6.07, 6.45) is 2.43. The maximum Gasteiger partial charge on any atom is 0.236 e. The molecule has 0 aromatic rings. The molecule has 0 heterocycles. The molecule has 0 aromatic heterocycles. The van der Waals surface area contributed by atoms with E-state index < -0.39 is 0 Å². The summed E-state index contributed by atoms with van der Waals surface area (Å²) in [5.74, 6) is 0.490. The molecule has 1 fully saturated rings. The Morgan fingerprint density at radius 2 is 2.06 bits per heavy atom. The highest BCUT2D eigenvalue weighted by atomic mass is 16.5. The van der Waals surface area contributed by atoms with E-state index in [0.717, 1.165) is 6.54 Å². The smallest absolute Gasteiger partial charge is 0.236 e. The Labute approximate surface area is 108 Å². The minimum absolute atomic E-state index is 0.0570. The zero-order chi connectivity index (χ0) is 13.4. The maximum atomic E-state index is 11.5. The molecule has 18 heavy (non-hydrogen) atoms. The quantitative estimate of drug-likeness (QED) is 0.475. The molecule has 1 rings (SSSR count). The summed E-state index contributed by atoms with van der Waals surface area (Å²) in [6, 6.07) is -0.381. The second kappa shape index (κ2) is 8.05. The van der Waals surface area contributed by atoms with Crippen LogP contribution in [0.2, 0.25) is 0 Å². The van der Waals surface area contributed by atoms with E-state index in [1.54, 1.807) is 14.0 Å². The van der Waals surface area contributed by atoms with Crippen molar-refractivity contribution < 1.29 is 14.3 Å². The molecule has 0 aliphatic heterocycles. The average Bonchev–Trinajstić information content (AvgIpc) is 3.17. The molecule has 1 atom stereocenters. The first-order valence-electron chi connectivity index (χ1n) is 6.40. The van der Waals surface area contributed by atoms with Gasteiger partial charge in [-0.3, -0.25) is 14.9 Å². The van der Waals surface area contributed by atoms with Gasteiger partial charge in [0.1, 0.15) is 0 Å². The van der Waals surface area contributed by atoms with Crippen LogP contribution in [0.15, 0.2) is 0 Å². The highest BCUT2D eigenvalue weighted by molar-refractivity contribution is 5.83. The van der Waals surface area contributed by atoms with Gasteiger partial charge in [0.25, 0.3) is 0 Å². The van der Waals surface area contributed by atoms with Crippen molar-refractivity contribution in [3.63, 3.8) is 0 Å². The minimum Gasteiger partial charge on any atom is -0.383 e. The van der Waals surface area contributed by atoms with E-state index in [-0.39, 0.29) is 24.4 Å². The first kappa shape index (κ1) is 14.9. The average molecular weight is 257 g/mol. The van der Waals surface area contributed by atoms with Gasteiger partial charge >= 0.3 is 0 Å². The molecule has 0 radical (unpaired) electrons. The third-order valence-electron chi connectivity index (χ3n) is 2.85. The van der Waals surface area contributed by atoms with Crippen LogP contribution in [0.1, 0.15) is 19.8 Å². The number of hydrogen-bond donors (Lipinski definition) is 3. The van der Waals surface area contributed by atoms with Crippen molar-refractivity contribution in [1.82, 2.24) is 16.0 Å². The molecule has 1 saturated carbocycles. The molecule has 3 N–H and O–H groups in total. The van der Waals surface area contributed by atoms with Gasteiger partial charge < -0.3 is 15.4 Å². The molecule has 2 amide bonds. The predicted molar refractivity (Wildman–Crippen MR) is 68.1 cm³/mol. The lowest BCUT2D eigenvalue weighted by atomic mass is 10.3. The molecule has 104 valence electrons. The molecule has 6 nitrogen and oxygen atoms in total. The lowest BCUT2D eigenvalue weighted by Crippen LogP contribution is -2.46. The fraction of sp³-hybridized carbons (Fsp3) is 0.833. The molecule has 0 bridgehead atoms. The highest BCUT2D eigenvalue weighted by Crippen LogP contribution is 2.27. The molecule has 1 aliphatic rings. The first-order chi connectivity index (χ1) is 8.63. The van der Waals surface area contributed by atoms with Crippen LogP contribution in [-0.2, 0) is 14.3 Å².